The summed E-state index contributed by atoms with van der Waals surface area (Å²) in [6.07, 6.45) is 0. The van der Waals surface area contributed by atoms with Crippen molar-refractivity contribution in [3.8, 4) is 0 Å². The molecule has 0 aliphatic carbocycles. The fraction of sp³-hybridized carbons (Fsp3) is 1.00. The van der Waals surface area contributed by atoms with E-state index in [1.807, 2.05) is 20.8 Å². The largest absolute Gasteiger partial charge is 0.360 e. The minimum atomic E-state index is 0.00463. The van der Waals surface area contributed by atoms with E-state index in [9.17, 15) is 0 Å². The molecule has 0 aliphatic rings. The van der Waals surface area contributed by atoms with Gasteiger partial charge in [0.25, 0.3) is 0 Å². The molecule has 0 amide bonds. The smallest absolute Gasteiger partial charge is 0.0634 e. The summed E-state index contributed by atoms with van der Waals surface area (Å²) in [5.74, 6) is 0. The predicted octanol–water partition coefficient (Wildman–Crippen LogP) is 1.59. The average molecular weight is 106 g/mol. The Bertz CT molecular complexity index is 37.3. The molecular weight excluding hydrogens is 95.0 g/mol. The second-order valence-corrected chi connectivity index (χ2v) is 2.47. The topological polar surface area (TPSA) is 9.23 Å². The molecule has 1 nitrogen and oxygen atoms in total. The first-order chi connectivity index (χ1) is 2.56. The molecule has 1 atom stereocenters. The van der Waals surface area contributed by atoms with Gasteiger partial charge >= 0.3 is 0 Å². The van der Waals surface area contributed by atoms with Gasteiger partial charge in [-0.25, -0.2) is 0 Å². The third kappa shape index (κ3) is 4.39. The fourth-order valence-corrected chi connectivity index (χ4v) is 0. The lowest BCUT2D eigenvalue weighted by atomic mass is 10.2. The summed E-state index contributed by atoms with van der Waals surface area (Å²) in [7, 11) is 2.22. The third-order valence-corrected chi connectivity index (χ3v) is 1.06. The van der Waals surface area contributed by atoms with Crippen molar-refractivity contribution < 1.29 is 4.52 Å². The average Bonchev–Trinajstić information content (AvgIpc) is 1.35. The number of hydrogen-bond acceptors (Lipinski definition) is 1. The van der Waals surface area contributed by atoms with Crippen LogP contribution in [0.15, 0.2) is 0 Å². The monoisotopic (exact) mass is 106 g/mol. The van der Waals surface area contributed by atoms with Gasteiger partial charge in [0.1, 0.15) is 0 Å². The molecule has 0 saturated heterocycles. The van der Waals surface area contributed by atoms with Crippen LogP contribution in [0.2, 0.25) is 0 Å². The molecule has 0 radical (unpaired) electrons. The molecule has 0 N–H and O–H groups in total. The summed E-state index contributed by atoms with van der Waals surface area (Å²) in [6.45, 7) is 6.00. The Morgan fingerprint density at radius 2 is 1.50 bits per heavy atom. The van der Waals surface area contributed by atoms with Gasteiger partial charge < -0.3 is 4.52 Å². The van der Waals surface area contributed by atoms with Gasteiger partial charge in [0.05, 0.1) is 5.60 Å². The molecule has 0 aromatic carbocycles. The van der Waals surface area contributed by atoms with Crippen molar-refractivity contribution in [2.75, 3.05) is 0 Å². The van der Waals surface area contributed by atoms with Gasteiger partial charge in [-0.15, -0.1) is 0 Å². The lowest BCUT2D eigenvalue weighted by Gasteiger charge is -2.13. The van der Waals surface area contributed by atoms with E-state index in [1.54, 1.807) is 0 Å². The van der Waals surface area contributed by atoms with Gasteiger partial charge in [0.15, 0.2) is 0 Å². The van der Waals surface area contributed by atoms with Gasteiger partial charge in [-0.2, -0.15) is 0 Å². The SMILES string of the molecule is CC(C)(C)OP. The molecule has 0 aliphatic heterocycles. The highest BCUT2D eigenvalue weighted by Crippen LogP contribution is 2.09. The van der Waals surface area contributed by atoms with Crippen LogP contribution in [-0.4, -0.2) is 5.60 Å². The summed E-state index contributed by atoms with van der Waals surface area (Å²) in [4.78, 5) is 0. The first kappa shape index (κ1) is 6.39. The fourth-order valence-electron chi connectivity index (χ4n) is 0. The van der Waals surface area contributed by atoms with Crippen molar-refractivity contribution in [2.45, 2.75) is 26.4 Å². The van der Waals surface area contributed by atoms with Gasteiger partial charge in [-0.1, -0.05) is 0 Å². The van der Waals surface area contributed by atoms with Crippen molar-refractivity contribution in [3.63, 3.8) is 0 Å². The van der Waals surface area contributed by atoms with Crippen molar-refractivity contribution in [1.29, 1.82) is 0 Å². The molecule has 1 unspecified atom stereocenters. The van der Waals surface area contributed by atoms with Crippen LogP contribution < -0.4 is 0 Å². The van der Waals surface area contributed by atoms with Crippen LogP contribution in [0, 0.1) is 0 Å². The lowest BCUT2D eigenvalue weighted by Crippen LogP contribution is -2.12. The maximum Gasteiger partial charge on any atom is 0.0634 e. The van der Waals surface area contributed by atoms with Crippen LogP contribution >= 0.6 is 9.47 Å². The summed E-state index contributed by atoms with van der Waals surface area (Å²) in [6, 6.07) is 0. The van der Waals surface area contributed by atoms with Crippen LogP contribution in [0.4, 0.5) is 0 Å². The molecule has 0 aromatic rings. The Morgan fingerprint density at radius 3 is 1.50 bits per heavy atom. The highest BCUT2D eigenvalue weighted by molar-refractivity contribution is 7.09. The Morgan fingerprint density at radius 1 is 1.33 bits per heavy atom. The van der Waals surface area contributed by atoms with E-state index in [2.05, 4.69) is 9.47 Å². The normalized spacial score (nSPS) is 12.0. The van der Waals surface area contributed by atoms with E-state index >= 15 is 0 Å². The zero-order chi connectivity index (χ0) is 5.21. The molecule has 0 heterocycles. The maximum atomic E-state index is 4.85. The summed E-state index contributed by atoms with van der Waals surface area (Å²) in [5.41, 5.74) is 0.00463. The molecule has 6 heavy (non-hydrogen) atoms. The highest BCUT2D eigenvalue weighted by atomic mass is 31.0. The van der Waals surface area contributed by atoms with Crippen molar-refractivity contribution in [1.82, 2.24) is 0 Å². The first-order valence-electron chi connectivity index (χ1n) is 1.94. The first-order valence-corrected chi connectivity index (χ1v) is 2.41. The zero-order valence-corrected chi connectivity index (χ0v) is 5.64. The summed E-state index contributed by atoms with van der Waals surface area (Å²) < 4.78 is 4.85. The molecule has 0 saturated carbocycles. The standard InChI is InChI=1S/C4H11OP/c1-4(2,3)5-6/h6H2,1-3H3. The molecule has 0 bridgehead atoms. The third-order valence-electron chi connectivity index (χ3n) is 0.354. The van der Waals surface area contributed by atoms with Crippen molar-refractivity contribution >= 4 is 9.47 Å². The van der Waals surface area contributed by atoms with E-state index in [0.29, 0.717) is 0 Å². The molecule has 38 valence electrons. The molecule has 0 rings (SSSR count). The second kappa shape index (κ2) is 1.90. The molecule has 0 aromatic heterocycles. The van der Waals surface area contributed by atoms with E-state index < -0.39 is 0 Å². The van der Waals surface area contributed by atoms with Crippen molar-refractivity contribution in [2.24, 2.45) is 0 Å². The summed E-state index contributed by atoms with van der Waals surface area (Å²) >= 11 is 0. The minimum Gasteiger partial charge on any atom is -0.360 e. The molecule has 2 heteroatoms. The lowest BCUT2D eigenvalue weighted by molar-refractivity contribution is 0.162. The Kier molecular flexibility index (Phi) is 2.03. The van der Waals surface area contributed by atoms with Crippen LogP contribution in [-0.2, 0) is 4.52 Å². The Hall–Kier alpha value is 0.390. The summed E-state index contributed by atoms with van der Waals surface area (Å²) in [5, 5.41) is 0. The Labute approximate surface area is 41.4 Å². The molecule has 0 fully saturated rings. The van der Waals surface area contributed by atoms with Crippen LogP contribution in [0.1, 0.15) is 20.8 Å². The second-order valence-electron chi connectivity index (χ2n) is 2.23. The van der Waals surface area contributed by atoms with E-state index in [4.69, 9.17) is 4.52 Å². The van der Waals surface area contributed by atoms with E-state index in [1.165, 1.54) is 0 Å². The van der Waals surface area contributed by atoms with E-state index in [0.717, 1.165) is 0 Å². The van der Waals surface area contributed by atoms with Crippen LogP contribution in [0.5, 0.6) is 0 Å². The zero-order valence-electron chi connectivity index (χ0n) is 4.49. The highest BCUT2D eigenvalue weighted by Gasteiger charge is 2.04. The molecular formula is C4H11OP. The van der Waals surface area contributed by atoms with Gasteiger partial charge in [0.2, 0.25) is 0 Å². The van der Waals surface area contributed by atoms with Gasteiger partial charge in [0, 0.05) is 9.47 Å². The Balaban J connectivity index is 3.17. The van der Waals surface area contributed by atoms with Crippen molar-refractivity contribution in [3.05, 3.63) is 0 Å². The predicted molar refractivity (Wildman–Crippen MR) is 30.5 cm³/mol. The number of hydrogen-bond donors (Lipinski definition) is 0. The van der Waals surface area contributed by atoms with Gasteiger partial charge in [-0.05, 0) is 20.8 Å². The molecule has 0 spiro atoms. The van der Waals surface area contributed by atoms with E-state index in [-0.39, 0.29) is 5.60 Å². The minimum absolute atomic E-state index is 0.00463. The quantitative estimate of drug-likeness (QED) is 0.426. The van der Waals surface area contributed by atoms with Gasteiger partial charge in [-0.3, -0.25) is 0 Å². The van der Waals surface area contributed by atoms with Crippen LogP contribution in [0.25, 0.3) is 0 Å². The maximum absolute atomic E-state index is 4.85. The van der Waals surface area contributed by atoms with Crippen LogP contribution in [0.3, 0.4) is 0 Å². The number of rotatable bonds is 0.